The van der Waals surface area contributed by atoms with Crippen LogP contribution in [0.15, 0.2) is 22.7 Å². The molecule has 0 bridgehead atoms. The van der Waals surface area contributed by atoms with Gasteiger partial charge >= 0.3 is 0 Å². The first-order valence-electron chi connectivity index (χ1n) is 6.37. The van der Waals surface area contributed by atoms with E-state index in [4.69, 9.17) is 5.73 Å². The highest BCUT2D eigenvalue weighted by Gasteiger charge is 2.18. The average molecular weight is 300 g/mol. The molecule has 0 aromatic heterocycles. The zero-order valence-electron chi connectivity index (χ0n) is 9.96. The number of hydrogen-bond donors (Lipinski definition) is 1. The van der Waals surface area contributed by atoms with Crippen LogP contribution in [0.1, 0.15) is 50.1 Å². The summed E-state index contributed by atoms with van der Waals surface area (Å²) >= 11 is 3.16. The van der Waals surface area contributed by atoms with Crippen LogP contribution < -0.4 is 5.73 Å². The summed E-state index contributed by atoms with van der Waals surface area (Å²) in [6.45, 7) is 0. The van der Waals surface area contributed by atoms with Crippen LogP contribution in [-0.4, -0.2) is 0 Å². The summed E-state index contributed by atoms with van der Waals surface area (Å²) in [6, 6.07) is 5.18. The van der Waals surface area contributed by atoms with Gasteiger partial charge in [-0.15, -0.1) is 0 Å². The molecule has 0 amide bonds. The van der Waals surface area contributed by atoms with Crippen molar-refractivity contribution in [2.75, 3.05) is 0 Å². The Morgan fingerprint density at radius 1 is 1.29 bits per heavy atom. The molecule has 1 aromatic rings. The van der Waals surface area contributed by atoms with Crippen molar-refractivity contribution >= 4 is 15.9 Å². The van der Waals surface area contributed by atoms with Crippen molar-refractivity contribution in [1.29, 1.82) is 0 Å². The fourth-order valence-corrected chi connectivity index (χ4v) is 2.91. The maximum Gasteiger partial charge on any atom is 0.137 e. The zero-order chi connectivity index (χ0) is 12.3. The fourth-order valence-electron chi connectivity index (χ4n) is 2.66. The Kier molecular flexibility index (Phi) is 4.57. The van der Waals surface area contributed by atoms with Gasteiger partial charge in [0.15, 0.2) is 0 Å². The summed E-state index contributed by atoms with van der Waals surface area (Å²) in [5, 5.41) is 0. The molecular weight excluding hydrogens is 281 g/mol. The minimum absolute atomic E-state index is 0.0271. The summed E-state index contributed by atoms with van der Waals surface area (Å²) < 4.78 is 13.9. The first-order valence-corrected chi connectivity index (χ1v) is 7.16. The maximum atomic E-state index is 13.4. The second-order valence-corrected chi connectivity index (χ2v) is 5.87. The third kappa shape index (κ3) is 3.52. The lowest BCUT2D eigenvalue weighted by atomic mass is 9.83. The monoisotopic (exact) mass is 299 g/mol. The third-order valence-electron chi connectivity index (χ3n) is 3.68. The van der Waals surface area contributed by atoms with E-state index in [2.05, 4.69) is 15.9 Å². The molecule has 2 rings (SSSR count). The quantitative estimate of drug-likeness (QED) is 0.870. The van der Waals surface area contributed by atoms with Crippen molar-refractivity contribution in [3.05, 3.63) is 34.1 Å². The summed E-state index contributed by atoms with van der Waals surface area (Å²) in [4.78, 5) is 0. The van der Waals surface area contributed by atoms with E-state index in [0.717, 1.165) is 17.9 Å². The van der Waals surface area contributed by atoms with Crippen LogP contribution in [0.3, 0.4) is 0 Å². The molecule has 1 fully saturated rings. The highest BCUT2D eigenvalue weighted by atomic mass is 79.9. The molecule has 1 aromatic carbocycles. The summed E-state index contributed by atoms with van der Waals surface area (Å²) in [7, 11) is 0. The van der Waals surface area contributed by atoms with Crippen LogP contribution in [0.2, 0.25) is 0 Å². The Morgan fingerprint density at radius 2 is 2.00 bits per heavy atom. The van der Waals surface area contributed by atoms with Gasteiger partial charge in [-0.3, -0.25) is 0 Å². The molecule has 1 aliphatic carbocycles. The van der Waals surface area contributed by atoms with Crippen LogP contribution in [-0.2, 0) is 0 Å². The summed E-state index contributed by atoms with van der Waals surface area (Å²) in [5.74, 6) is 0.507. The van der Waals surface area contributed by atoms with Crippen LogP contribution in [0.5, 0.6) is 0 Å². The Balaban J connectivity index is 1.98. The highest BCUT2D eigenvalue weighted by Crippen LogP contribution is 2.31. The molecule has 3 heteroatoms. The number of halogens is 2. The first-order chi connectivity index (χ1) is 8.16. The molecule has 0 heterocycles. The maximum absolute atomic E-state index is 13.4. The van der Waals surface area contributed by atoms with Gasteiger partial charge in [-0.25, -0.2) is 4.39 Å². The molecule has 94 valence electrons. The Morgan fingerprint density at radius 3 is 2.65 bits per heavy atom. The molecule has 0 radical (unpaired) electrons. The zero-order valence-corrected chi connectivity index (χ0v) is 11.5. The SMILES string of the molecule is NC(CC1CCCCC1)c1ccc(Br)c(F)c1. The van der Waals surface area contributed by atoms with Crippen molar-refractivity contribution in [2.24, 2.45) is 11.7 Å². The molecule has 1 nitrogen and oxygen atoms in total. The molecule has 0 saturated heterocycles. The largest absolute Gasteiger partial charge is 0.324 e. The van der Waals surface area contributed by atoms with Crippen LogP contribution in [0.4, 0.5) is 4.39 Å². The molecule has 1 aliphatic rings. The van der Waals surface area contributed by atoms with Crippen molar-refractivity contribution in [1.82, 2.24) is 0 Å². The number of hydrogen-bond acceptors (Lipinski definition) is 1. The van der Waals surface area contributed by atoms with E-state index in [-0.39, 0.29) is 11.9 Å². The van der Waals surface area contributed by atoms with E-state index < -0.39 is 0 Å². The molecule has 17 heavy (non-hydrogen) atoms. The molecular formula is C14H19BrFN. The predicted molar refractivity (Wildman–Crippen MR) is 72.2 cm³/mol. The normalized spacial score (nSPS) is 19.2. The lowest BCUT2D eigenvalue weighted by Gasteiger charge is -2.24. The lowest BCUT2D eigenvalue weighted by molar-refractivity contribution is 0.319. The predicted octanol–water partition coefficient (Wildman–Crippen LogP) is 4.56. The standard InChI is InChI=1S/C14H19BrFN/c15-12-7-6-11(9-13(12)16)14(17)8-10-4-2-1-3-5-10/h6-7,9-10,14H,1-5,8,17H2. The summed E-state index contributed by atoms with van der Waals surface area (Å²) in [5.41, 5.74) is 7.08. The van der Waals surface area contributed by atoms with Crippen LogP contribution >= 0.6 is 15.9 Å². The van der Waals surface area contributed by atoms with Gasteiger partial charge in [-0.1, -0.05) is 38.2 Å². The smallest absolute Gasteiger partial charge is 0.137 e. The van der Waals surface area contributed by atoms with Crippen molar-refractivity contribution in [3.63, 3.8) is 0 Å². The van der Waals surface area contributed by atoms with Gasteiger partial charge in [0, 0.05) is 6.04 Å². The fraction of sp³-hybridized carbons (Fsp3) is 0.571. The van der Waals surface area contributed by atoms with E-state index in [0.29, 0.717) is 4.47 Å². The third-order valence-corrected chi connectivity index (χ3v) is 4.33. The Hall–Kier alpha value is -0.410. The van der Waals surface area contributed by atoms with E-state index in [1.54, 1.807) is 12.1 Å². The average Bonchev–Trinajstić information content (AvgIpc) is 2.34. The van der Waals surface area contributed by atoms with Gasteiger partial charge in [0.05, 0.1) is 4.47 Å². The van der Waals surface area contributed by atoms with Gasteiger partial charge < -0.3 is 5.73 Å². The van der Waals surface area contributed by atoms with Crippen molar-refractivity contribution in [3.8, 4) is 0 Å². The van der Waals surface area contributed by atoms with Crippen molar-refractivity contribution in [2.45, 2.75) is 44.6 Å². The molecule has 0 aliphatic heterocycles. The minimum Gasteiger partial charge on any atom is -0.324 e. The molecule has 2 N–H and O–H groups in total. The Bertz CT molecular complexity index is 374. The topological polar surface area (TPSA) is 26.0 Å². The van der Waals surface area contributed by atoms with Gasteiger partial charge in [-0.2, -0.15) is 0 Å². The Labute approximate surface area is 111 Å². The summed E-state index contributed by atoms with van der Waals surface area (Å²) in [6.07, 6.45) is 7.57. The molecule has 0 spiro atoms. The lowest BCUT2D eigenvalue weighted by Crippen LogP contribution is -2.17. The van der Waals surface area contributed by atoms with Gasteiger partial charge in [0.25, 0.3) is 0 Å². The van der Waals surface area contributed by atoms with Gasteiger partial charge in [-0.05, 0) is 46.0 Å². The molecule has 1 saturated carbocycles. The van der Waals surface area contributed by atoms with Gasteiger partial charge in [0.1, 0.15) is 5.82 Å². The van der Waals surface area contributed by atoms with E-state index >= 15 is 0 Å². The molecule has 1 unspecified atom stereocenters. The van der Waals surface area contributed by atoms with Crippen LogP contribution in [0.25, 0.3) is 0 Å². The van der Waals surface area contributed by atoms with Crippen molar-refractivity contribution < 1.29 is 4.39 Å². The molecule has 1 atom stereocenters. The number of rotatable bonds is 3. The second kappa shape index (κ2) is 5.96. The van der Waals surface area contributed by atoms with Gasteiger partial charge in [0.2, 0.25) is 0 Å². The number of nitrogens with two attached hydrogens (primary N) is 1. The van der Waals surface area contributed by atoms with Crippen LogP contribution in [0, 0.1) is 11.7 Å². The van der Waals surface area contributed by atoms with E-state index in [1.807, 2.05) is 6.07 Å². The minimum atomic E-state index is -0.221. The first kappa shape index (κ1) is 13.0. The van der Waals surface area contributed by atoms with E-state index in [1.165, 1.54) is 32.1 Å². The van der Waals surface area contributed by atoms with E-state index in [9.17, 15) is 4.39 Å². The number of benzene rings is 1. The second-order valence-electron chi connectivity index (χ2n) is 5.02. The highest BCUT2D eigenvalue weighted by molar-refractivity contribution is 9.10.